The molecule has 0 aliphatic carbocycles. The number of amides is 1. The number of carbonyl (C=O) groups excluding carboxylic acids is 1. The topological polar surface area (TPSA) is 52.3 Å². The van der Waals surface area contributed by atoms with Crippen LogP contribution in [0.4, 0.5) is 0 Å². The molecular weight excluding hydrogens is 238 g/mol. The van der Waals surface area contributed by atoms with Gasteiger partial charge >= 0.3 is 0 Å². The van der Waals surface area contributed by atoms with E-state index in [1.165, 1.54) is 0 Å². The molecule has 2 N–H and O–H groups in total. The predicted octanol–water partition coefficient (Wildman–Crippen LogP) is 2.45. The van der Waals surface area contributed by atoms with Crippen LogP contribution < -0.4 is 5.73 Å². The summed E-state index contributed by atoms with van der Waals surface area (Å²) in [5, 5.41) is 0. The Morgan fingerprint density at radius 1 is 1.11 bits per heavy atom. The van der Waals surface area contributed by atoms with Crippen LogP contribution >= 0.6 is 0 Å². The van der Waals surface area contributed by atoms with E-state index in [-0.39, 0.29) is 5.91 Å². The van der Waals surface area contributed by atoms with E-state index >= 15 is 0 Å². The second-order valence-corrected chi connectivity index (χ2v) is 4.42. The molecule has 19 heavy (non-hydrogen) atoms. The minimum atomic E-state index is -0.419. The van der Waals surface area contributed by atoms with E-state index in [1.807, 2.05) is 54.6 Å². The lowest BCUT2D eigenvalue weighted by atomic mass is 9.90. The minimum absolute atomic E-state index is 0.347. The third kappa shape index (κ3) is 3.20. The molecule has 0 saturated heterocycles. The maximum Gasteiger partial charge on any atom is 0.229 e. The van der Waals surface area contributed by atoms with Crippen LogP contribution in [0.5, 0.6) is 0 Å². The zero-order valence-electron chi connectivity index (χ0n) is 10.9. The van der Waals surface area contributed by atoms with Crippen LogP contribution in [0.25, 0.3) is 0 Å². The van der Waals surface area contributed by atoms with Crippen LogP contribution in [0.15, 0.2) is 54.6 Å². The highest BCUT2D eigenvalue weighted by atomic mass is 16.5. The lowest BCUT2D eigenvalue weighted by Crippen LogP contribution is -2.22. The quantitative estimate of drug-likeness (QED) is 0.892. The number of primary amides is 1. The lowest BCUT2D eigenvalue weighted by molar-refractivity contribution is -0.118. The molecule has 0 aliphatic rings. The van der Waals surface area contributed by atoms with Crippen LogP contribution in [-0.4, -0.2) is 13.0 Å². The number of hydrogen-bond acceptors (Lipinski definition) is 2. The predicted molar refractivity (Wildman–Crippen MR) is 74.6 cm³/mol. The molecule has 3 nitrogen and oxygen atoms in total. The normalized spacial score (nSPS) is 12.1. The van der Waals surface area contributed by atoms with Gasteiger partial charge in [0.15, 0.2) is 0 Å². The van der Waals surface area contributed by atoms with Gasteiger partial charge in [0.1, 0.15) is 0 Å². The molecule has 3 heteroatoms. The molecule has 0 heterocycles. The highest BCUT2D eigenvalue weighted by Gasteiger charge is 2.19. The maximum absolute atomic E-state index is 11.8. The van der Waals surface area contributed by atoms with Gasteiger partial charge in [-0.15, -0.1) is 0 Å². The SMILES string of the molecule is COCc1cccc(C(C(N)=O)c2ccccc2)c1. The Kier molecular flexibility index (Phi) is 4.31. The molecule has 98 valence electrons. The van der Waals surface area contributed by atoms with Crippen LogP contribution in [0, 0.1) is 0 Å². The Hall–Kier alpha value is -2.13. The first-order chi connectivity index (χ1) is 9.22. The van der Waals surface area contributed by atoms with E-state index in [1.54, 1.807) is 7.11 Å². The molecule has 0 bridgehead atoms. The Balaban J connectivity index is 2.40. The van der Waals surface area contributed by atoms with E-state index in [9.17, 15) is 4.79 Å². The van der Waals surface area contributed by atoms with Crippen molar-refractivity contribution < 1.29 is 9.53 Å². The molecular formula is C16H17NO2. The lowest BCUT2D eigenvalue weighted by Gasteiger charge is -2.15. The number of carbonyl (C=O) groups is 1. The average molecular weight is 255 g/mol. The van der Waals surface area contributed by atoms with Crippen molar-refractivity contribution in [2.45, 2.75) is 12.5 Å². The summed E-state index contributed by atoms with van der Waals surface area (Å²) in [6, 6.07) is 17.3. The molecule has 0 aliphatic heterocycles. The van der Waals surface area contributed by atoms with Gasteiger partial charge in [0.05, 0.1) is 12.5 Å². The van der Waals surface area contributed by atoms with Crippen molar-refractivity contribution in [3.63, 3.8) is 0 Å². The fourth-order valence-electron chi connectivity index (χ4n) is 2.20. The zero-order chi connectivity index (χ0) is 13.7. The van der Waals surface area contributed by atoms with Gasteiger partial charge in [-0.1, -0.05) is 54.6 Å². The molecule has 0 fully saturated rings. The van der Waals surface area contributed by atoms with Crippen molar-refractivity contribution >= 4 is 5.91 Å². The summed E-state index contributed by atoms with van der Waals surface area (Å²) in [4.78, 5) is 11.8. The molecule has 0 radical (unpaired) electrons. The Bertz CT molecular complexity index is 552. The summed E-state index contributed by atoms with van der Waals surface area (Å²) >= 11 is 0. The average Bonchev–Trinajstić information content (AvgIpc) is 2.40. The van der Waals surface area contributed by atoms with Crippen LogP contribution in [0.3, 0.4) is 0 Å². The Morgan fingerprint density at radius 3 is 2.42 bits per heavy atom. The Morgan fingerprint density at radius 2 is 1.79 bits per heavy atom. The van der Waals surface area contributed by atoms with Crippen molar-refractivity contribution in [3.05, 3.63) is 71.3 Å². The first kappa shape index (κ1) is 13.3. The van der Waals surface area contributed by atoms with Crippen molar-refractivity contribution in [2.75, 3.05) is 7.11 Å². The fourth-order valence-corrected chi connectivity index (χ4v) is 2.20. The van der Waals surface area contributed by atoms with E-state index in [0.29, 0.717) is 6.61 Å². The van der Waals surface area contributed by atoms with Crippen molar-refractivity contribution in [1.82, 2.24) is 0 Å². The smallest absolute Gasteiger partial charge is 0.229 e. The van der Waals surface area contributed by atoms with Crippen LogP contribution in [0.1, 0.15) is 22.6 Å². The first-order valence-corrected chi connectivity index (χ1v) is 6.14. The van der Waals surface area contributed by atoms with Crippen molar-refractivity contribution in [2.24, 2.45) is 5.73 Å². The number of ether oxygens (including phenoxy) is 1. The van der Waals surface area contributed by atoms with Crippen molar-refractivity contribution in [3.8, 4) is 0 Å². The number of hydrogen-bond donors (Lipinski definition) is 1. The van der Waals surface area contributed by atoms with E-state index in [4.69, 9.17) is 10.5 Å². The highest BCUT2D eigenvalue weighted by Crippen LogP contribution is 2.25. The van der Waals surface area contributed by atoms with Gasteiger partial charge < -0.3 is 10.5 Å². The van der Waals surface area contributed by atoms with Gasteiger partial charge in [0.25, 0.3) is 0 Å². The monoisotopic (exact) mass is 255 g/mol. The summed E-state index contributed by atoms with van der Waals surface area (Å²) in [5.41, 5.74) is 8.39. The van der Waals surface area contributed by atoms with Gasteiger partial charge in [0, 0.05) is 7.11 Å². The molecule has 0 saturated carbocycles. The minimum Gasteiger partial charge on any atom is -0.380 e. The van der Waals surface area contributed by atoms with Gasteiger partial charge in [-0.2, -0.15) is 0 Å². The number of methoxy groups -OCH3 is 1. The summed E-state index contributed by atoms with van der Waals surface area (Å²) in [5.74, 6) is -0.765. The molecule has 1 amide bonds. The van der Waals surface area contributed by atoms with Crippen LogP contribution in [-0.2, 0) is 16.1 Å². The second kappa shape index (κ2) is 6.16. The van der Waals surface area contributed by atoms with Crippen LogP contribution in [0.2, 0.25) is 0 Å². The van der Waals surface area contributed by atoms with E-state index < -0.39 is 5.92 Å². The van der Waals surface area contributed by atoms with Gasteiger partial charge in [-0.25, -0.2) is 0 Å². The molecule has 0 spiro atoms. The summed E-state index contributed by atoms with van der Waals surface area (Å²) in [6.07, 6.45) is 0. The standard InChI is InChI=1S/C16H17NO2/c1-19-11-12-6-5-9-14(10-12)15(16(17)18)13-7-3-2-4-8-13/h2-10,15H,11H2,1H3,(H2,17,18). The number of nitrogens with two attached hydrogens (primary N) is 1. The molecule has 2 aromatic carbocycles. The summed E-state index contributed by atoms with van der Waals surface area (Å²) < 4.78 is 5.11. The first-order valence-electron chi connectivity index (χ1n) is 6.14. The molecule has 1 unspecified atom stereocenters. The summed E-state index contributed by atoms with van der Waals surface area (Å²) in [6.45, 7) is 0.522. The van der Waals surface area contributed by atoms with Crippen molar-refractivity contribution in [1.29, 1.82) is 0 Å². The molecule has 0 aromatic heterocycles. The summed E-state index contributed by atoms with van der Waals surface area (Å²) in [7, 11) is 1.65. The number of rotatable bonds is 5. The van der Waals surface area contributed by atoms with Gasteiger partial charge in [0.2, 0.25) is 5.91 Å². The highest BCUT2D eigenvalue weighted by molar-refractivity contribution is 5.85. The third-order valence-corrected chi connectivity index (χ3v) is 3.01. The maximum atomic E-state index is 11.8. The molecule has 2 aromatic rings. The third-order valence-electron chi connectivity index (χ3n) is 3.01. The second-order valence-electron chi connectivity index (χ2n) is 4.42. The van der Waals surface area contributed by atoms with Gasteiger partial charge in [-0.3, -0.25) is 4.79 Å². The number of benzene rings is 2. The fraction of sp³-hybridized carbons (Fsp3) is 0.188. The Labute approximate surface area is 113 Å². The van der Waals surface area contributed by atoms with Gasteiger partial charge in [-0.05, 0) is 16.7 Å². The molecule has 1 atom stereocenters. The van der Waals surface area contributed by atoms with E-state index in [0.717, 1.165) is 16.7 Å². The molecule has 2 rings (SSSR count). The largest absolute Gasteiger partial charge is 0.380 e. The van der Waals surface area contributed by atoms with E-state index in [2.05, 4.69) is 0 Å². The zero-order valence-corrected chi connectivity index (χ0v) is 10.9.